The summed E-state index contributed by atoms with van der Waals surface area (Å²) in [6.45, 7) is 8.96. The Morgan fingerprint density at radius 3 is 2.51 bits per heavy atom. The van der Waals surface area contributed by atoms with E-state index in [9.17, 15) is 14.4 Å². The molecule has 3 atom stereocenters. The highest BCUT2D eigenvalue weighted by Crippen LogP contribution is 2.42. The Morgan fingerprint density at radius 1 is 1.04 bits per heavy atom. The fourth-order valence-corrected chi connectivity index (χ4v) is 6.24. The molecule has 10 heteroatoms. The number of esters is 1. The molecule has 3 aromatic rings. The number of rotatable bonds is 16. The van der Waals surface area contributed by atoms with E-state index in [2.05, 4.69) is 17.6 Å². The number of carbonyl (C=O) groups excluding carboxylic acids is 3. The highest BCUT2D eigenvalue weighted by Gasteiger charge is 2.29. The number of carbonyl (C=O) groups is 3. The van der Waals surface area contributed by atoms with Gasteiger partial charge in [-0.25, -0.2) is 0 Å². The number of benzene rings is 2. The van der Waals surface area contributed by atoms with Crippen molar-refractivity contribution in [3.63, 3.8) is 0 Å². The van der Waals surface area contributed by atoms with E-state index in [1.807, 2.05) is 73.1 Å². The lowest BCUT2D eigenvalue weighted by Crippen LogP contribution is -2.40. The van der Waals surface area contributed by atoms with Gasteiger partial charge in [0.05, 0.1) is 37.4 Å². The average molecular weight is 647 g/mol. The first-order valence-corrected chi connectivity index (χ1v) is 16.8. The van der Waals surface area contributed by atoms with E-state index in [1.165, 1.54) is 6.42 Å². The van der Waals surface area contributed by atoms with Crippen molar-refractivity contribution in [2.24, 2.45) is 11.8 Å². The molecule has 2 aromatic carbocycles. The number of hydrogen-bond donors (Lipinski definition) is 2. The van der Waals surface area contributed by atoms with Gasteiger partial charge in [0, 0.05) is 19.0 Å². The van der Waals surface area contributed by atoms with Crippen LogP contribution in [-0.4, -0.2) is 53.9 Å². The van der Waals surface area contributed by atoms with Crippen LogP contribution in [0.1, 0.15) is 94.7 Å². The number of amides is 2. The zero-order valence-electron chi connectivity index (χ0n) is 28.4. The minimum absolute atomic E-state index is 0.0877. The Labute approximate surface area is 278 Å². The van der Waals surface area contributed by atoms with Gasteiger partial charge in [-0.15, -0.1) is 0 Å². The van der Waals surface area contributed by atoms with Gasteiger partial charge < -0.3 is 24.8 Å². The van der Waals surface area contributed by atoms with Crippen molar-refractivity contribution in [2.45, 2.75) is 91.3 Å². The second kappa shape index (κ2) is 17.5. The van der Waals surface area contributed by atoms with Crippen molar-refractivity contribution < 1.29 is 28.6 Å². The fraction of sp³-hybridized carbons (Fsp3) is 0.514. The van der Waals surface area contributed by atoms with Crippen LogP contribution >= 0.6 is 0 Å². The lowest BCUT2D eigenvalue weighted by atomic mass is 9.87. The van der Waals surface area contributed by atoms with E-state index in [0.717, 1.165) is 36.1 Å². The second-order valence-corrected chi connectivity index (χ2v) is 12.8. The van der Waals surface area contributed by atoms with Crippen LogP contribution in [0.15, 0.2) is 54.6 Å². The van der Waals surface area contributed by atoms with E-state index in [1.54, 1.807) is 14.0 Å². The minimum Gasteiger partial charge on any atom is -0.496 e. The molecule has 47 heavy (non-hydrogen) atoms. The molecule has 1 heterocycles. The van der Waals surface area contributed by atoms with Gasteiger partial charge >= 0.3 is 5.97 Å². The summed E-state index contributed by atoms with van der Waals surface area (Å²) in [5.74, 6) is 1.10. The van der Waals surface area contributed by atoms with Crippen molar-refractivity contribution in [1.29, 1.82) is 0 Å². The quantitative estimate of drug-likeness (QED) is 0.171. The summed E-state index contributed by atoms with van der Waals surface area (Å²) in [5, 5.41) is 10.8. The van der Waals surface area contributed by atoms with Crippen LogP contribution in [0.5, 0.6) is 11.5 Å². The molecule has 0 saturated heterocycles. The number of nitrogens with zero attached hydrogens (tertiary/aromatic N) is 2. The Bertz CT molecular complexity index is 1470. The predicted molar refractivity (Wildman–Crippen MR) is 181 cm³/mol. The lowest BCUT2D eigenvalue weighted by molar-refractivity contribution is -0.143. The summed E-state index contributed by atoms with van der Waals surface area (Å²) in [6.07, 6.45) is 4.95. The third-order valence-electron chi connectivity index (χ3n) is 8.40. The van der Waals surface area contributed by atoms with Gasteiger partial charge in [-0.1, -0.05) is 70.0 Å². The average Bonchev–Trinajstić information content (AvgIpc) is 3.49. The van der Waals surface area contributed by atoms with E-state index in [4.69, 9.17) is 19.3 Å². The largest absolute Gasteiger partial charge is 0.496 e. The second-order valence-electron chi connectivity index (χ2n) is 12.8. The van der Waals surface area contributed by atoms with E-state index in [-0.39, 0.29) is 54.8 Å². The third-order valence-corrected chi connectivity index (χ3v) is 8.40. The zero-order valence-corrected chi connectivity index (χ0v) is 28.4. The number of methoxy groups -OCH3 is 1. The molecule has 1 saturated carbocycles. The Kier molecular flexibility index (Phi) is 13.3. The third kappa shape index (κ3) is 10.3. The van der Waals surface area contributed by atoms with Crippen LogP contribution in [-0.2, 0) is 20.9 Å². The SMILES string of the molecule is CCOC(=O)CCNC(=O)C[C@H](CC(C)C)NC(=O)c1cc(-c2c(OC)cccc2OCc2ccccc2)n(C2CCCC(C)C2)n1. The molecular weight excluding hydrogens is 596 g/mol. The van der Waals surface area contributed by atoms with Crippen molar-refractivity contribution in [1.82, 2.24) is 20.4 Å². The molecule has 2 unspecified atom stereocenters. The molecule has 1 aliphatic rings. The highest BCUT2D eigenvalue weighted by molar-refractivity contribution is 5.94. The molecule has 4 rings (SSSR count). The van der Waals surface area contributed by atoms with Crippen molar-refractivity contribution >= 4 is 17.8 Å². The summed E-state index contributed by atoms with van der Waals surface area (Å²) in [4.78, 5) is 38.3. The van der Waals surface area contributed by atoms with E-state index in [0.29, 0.717) is 37.1 Å². The minimum atomic E-state index is -0.413. The molecule has 10 nitrogen and oxygen atoms in total. The lowest BCUT2D eigenvalue weighted by Gasteiger charge is -2.29. The predicted octanol–water partition coefficient (Wildman–Crippen LogP) is 6.49. The Balaban J connectivity index is 1.62. The standard InChI is InChI=1S/C37H50N4O6/c1-6-46-35(43)18-19-38-34(42)22-28(20-25(2)3)39-37(44)30-23-31(41(40-30)29-15-10-12-26(4)21-29)36-32(45-5)16-11-17-33(36)47-24-27-13-8-7-9-14-27/h7-9,11,13-14,16-17,23,25-26,28-29H,6,10,12,15,18-22,24H2,1-5H3,(H,38,42)(H,39,44)/t26?,28-,29?/m0/s1. The summed E-state index contributed by atoms with van der Waals surface area (Å²) in [7, 11) is 1.63. The van der Waals surface area contributed by atoms with E-state index < -0.39 is 6.04 Å². The van der Waals surface area contributed by atoms with Crippen LogP contribution in [0.4, 0.5) is 0 Å². The number of ether oxygens (including phenoxy) is 3. The summed E-state index contributed by atoms with van der Waals surface area (Å²) >= 11 is 0. The maximum absolute atomic E-state index is 13.8. The van der Waals surface area contributed by atoms with E-state index >= 15 is 0 Å². The molecular formula is C37H50N4O6. The molecule has 1 aliphatic carbocycles. The summed E-state index contributed by atoms with van der Waals surface area (Å²) in [6, 6.07) is 17.2. The number of aromatic nitrogens is 2. The van der Waals surface area contributed by atoms with Gasteiger partial charge in [0.1, 0.15) is 18.1 Å². The highest BCUT2D eigenvalue weighted by atomic mass is 16.5. The number of nitrogens with one attached hydrogen (secondary N) is 2. The molecule has 0 radical (unpaired) electrons. The smallest absolute Gasteiger partial charge is 0.307 e. The van der Waals surface area contributed by atoms with Gasteiger partial charge in [0.15, 0.2) is 5.69 Å². The van der Waals surface area contributed by atoms with Crippen LogP contribution in [0.2, 0.25) is 0 Å². The first-order valence-electron chi connectivity index (χ1n) is 16.8. The van der Waals surface area contributed by atoms with Crippen LogP contribution < -0.4 is 20.1 Å². The molecule has 2 amide bonds. The van der Waals surface area contributed by atoms with Gasteiger partial charge in [0.2, 0.25) is 5.91 Å². The Morgan fingerprint density at radius 2 is 1.81 bits per heavy atom. The maximum atomic E-state index is 13.8. The first kappa shape index (κ1) is 35.5. The maximum Gasteiger partial charge on any atom is 0.307 e. The summed E-state index contributed by atoms with van der Waals surface area (Å²) < 4.78 is 19.1. The van der Waals surface area contributed by atoms with Gasteiger partial charge in [0.25, 0.3) is 5.91 Å². The molecule has 2 N–H and O–H groups in total. The molecule has 0 aliphatic heterocycles. The van der Waals surface area contributed by atoms with Crippen LogP contribution in [0, 0.1) is 11.8 Å². The van der Waals surface area contributed by atoms with Crippen LogP contribution in [0.25, 0.3) is 11.3 Å². The molecule has 0 spiro atoms. The Hall–Kier alpha value is -4.34. The normalized spacial score (nSPS) is 16.7. The topological polar surface area (TPSA) is 121 Å². The molecule has 254 valence electrons. The van der Waals surface area contributed by atoms with Crippen molar-refractivity contribution in [3.8, 4) is 22.8 Å². The molecule has 1 fully saturated rings. The zero-order chi connectivity index (χ0) is 33.8. The summed E-state index contributed by atoms with van der Waals surface area (Å²) in [5.41, 5.74) is 2.81. The van der Waals surface area contributed by atoms with Crippen molar-refractivity contribution in [2.75, 3.05) is 20.3 Å². The number of hydrogen-bond acceptors (Lipinski definition) is 7. The van der Waals surface area contributed by atoms with Crippen molar-refractivity contribution in [3.05, 3.63) is 65.9 Å². The monoisotopic (exact) mass is 646 g/mol. The van der Waals surface area contributed by atoms with Crippen LogP contribution in [0.3, 0.4) is 0 Å². The molecule has 0 bridgehead atoms. The van der Waals surface area contributed by atoms with Gasteiger partial charge in [-0.3, -0.25) is 19.1 Å². The first-order chi connectivity index (χ1) is 22.7. The van der Waals surface area contributed by atoms with Gasteiger partial charge in [-0.2, -0.15) is 5.10 Å². The molecule has 1 aromatic heterocycles. The fourth-order valence-electron chi connectivity index (χ4n) is 6.24. The van der Waals surface area contributed by atoms with Gasteiger partial charge in [-0.05, 0) is 61.8 Å².